The van der Waals surface area contributed by atoms with Gasteiger partial charge in [-0.05, 0) is 107 Å². The van der Waals surface area contributed by atoms with E-state index in [9.17, 15) is 17.2 Å². The fraction of sp³-hybridized carbons (Fsp3) is 0.0256. The van der Waals surface area contributed by atoms with Crippen LogP contribution in [0.4, 0.5) is 37.7 Å². The van der Waals surface area contributed by atoms with E-state index in [4.69, 9.17) is 17.3 Å². The summed E-state index contributed by atoms with van der Waals surface area (Å²) in [6.45, 7) is 0. The molecular formula is C39H28ClF2N11O2S2. The van der Waals surface area contributed by atoms with E-state index < -0.39 is 9.84 Å². The van der Waals surface area contributed by atoms with E-state index in [1.54, 1.807) is 60.0 Å². The Morgan fingerprint density at radius 2 is 1.40 bits per heavy atom. The monoisotopic (exact) mass is 819 g/mol. The molecule has 6 N–H and O–H groups in total. The highest BCUT2D eigenvalue weighted by atomic mass is 35.5. The van der Waals surface area contributed by atoms with Crippen molar-refractivity contribution in [3.63, 3.8) is 0 Å². The van der Waals surface area contributed by atoms with Gasteiger partial charge in [0.15, 0.2) is 21.5 Å². The molecule has 284 valence electrons. The Morgan fingerprint density at radius 1 is 0.754 bits per heavy atom. The molecule has 0 fully saturated rings. The zero-order valence-corrected chi connectivity index (χ0v) is 31.7. The number of nitrogens with one attached hydrogen (secondary N) is 4. The maximum absolute atomic E-state index is 13.6. The second kappa shape index (κ2) is 15.7. The lowest BCUT2D eigenvalue weighted by atomic mass is 10.0. The fourth-order valence-corrected chi connectivity index (χ4v) is 8.17. The third-order valence-electron chi connectivity index (χ3n) is 8.63. The van der Waals surface area contributed by atoms with Crippen LogP contribution in [-0.2, 0) is 16.3 Å². The number of nitrogens with two attached hydrogens (primary N) is 1. The van der Waals surface area contributed by atoms with Crippen LogP contribution in [0.3, 0.4) is 0 Å². The largest absolute Gasteiger partial charge is 0.398 e. The fourth-order valence-electron chi connectivity index (χ4n) is 5.96. The normalized spacial score (nSPS) is 12.5. The summed E-state index contributed by atoms with van der Waals surface area (Å²) in [5.41, 5.74) is 9.51. The zero-order chi connectivity index (χ0) is 39.5. The number of nitrogens with zero attached hydrogens (tertiary/aromatic N) is 6. The lowest BCUT2D eigenvalue weighted by Gasteiger charge is -2.08. The number of benzene rings is 4. The van der Waals surface area contributed by atoms with Gasteiger partial charge in [0.1, 0.15) is 29.1 Å². The topological polar surface area (TPSA) is 193 Å². The molecule has 0 radical (unpaired) electrons. The minimum Gasteiger partial charge on any atom is -0.398 e. The summed E-state index contributed by atoms with van der Waals surface area (Å²) in [6.07, 6.45) is 5.10. The van der Waals surface area contributed by atoms with Gasteiger partial charge in [-0.3, -0.25) is 10.2 Å². The molecule has 9 aromatic rings. The Morgan fingerprint density at radius 3 is 2.07 bits per heavy atom. The third kappa shape index (κ3) is 8.25. The Balaban J connectivity index is 0.000000137. The van der Waals surface area contributed by atoms with Gasteiger partial charge in [0, 0.05) is 50.8 Å². The Kier molecular flexibility index (Phi) is 10.2. The number of halogens is 3. The molecule has 57 heavy (non-hydrogen) atoms. The molecule has 13 nitrogen and oxygen atoms in total. The Labute approximate surface area is 331 Å². The maximum Gasteiger partial charge on any atom is 0.224 e. The van der Waals surface area contributed by atoms with Crippen molar-refractivity contribution in [2.24, 2.45) is 0 Å². The molecule has 4 aromatic carbocycles. The number of nitrogen functional groups attached to an aromatic ring is 1. The van der Waals surface area contributed by atoms with Crippen LogP contribution >= 0.6 is 22.9 Å². The molecule has 0 bridgehead atoms. The highest BCUT2D eigenvalue weighted by molar-refractivity contribution is 7.94. The average molecular weight is 820 g/mol. The molecule has 0 aliphatic carbocycles. The van der Waals surface area contributed by atoms with Gasteiger partial charge in [0.05, 0.1) is 15.9 Å². The van der Waals surface area contributed by atoms with Gasteiger partial charge in [-0.25, -0.2) is 37.1 Å². The molecule has 0 spiro atoms. The van der Waals surface area contributed by atoms with Gasteiger partial charge >= 0.3 is 0 Å². The number of sulfone groups is 1. The minimum atomic E-state index is -3.36. The smallest absolute Gasteiger partial charge is 0.224 e. The molecule has 0 saturated carbocycles. The molecule has 1 aliphatic rings. The van der Waals surface area contributed by atoms with Crippen LogP contribution in [0.25, 0.3) is 38.0 Å². The first-order valence-electron chi connectivity index (χ1n) is 17.0. The van der Waals surface area contributed by atoms with E-state index in [0.717, 1.165) is 16.8 Å². The van der Waals surface area contributed by atoms with Gasteiger partial charge in [-0.15, -0.1) is 11.3 Å². The predicted molar refractivity (Wildman–Crippen MR) is 219 cm³/mol. The molecule has 5 aromatic heterocycles. The standard InChI is InChI=1S/C20H14FN5O2S.C11H7ClFN5.C8H7NS/c21-13-4-5-16-15(11-13)20(26-25-16)24-18-6-8-22-19(23-18)10-12-2-1-3-17-14(12)7-9-29(17,27)28;12-11-14-4-3-9(16-11)15-10-7-5-6(13)1-2-8(7)17-18-10;9-7-2-1-3-8-6(7)4-5-10-8/h1-9,11H,10H2,(H2,22,23,24,25,26);1-5H,(H2,14,15,16,17,18);1-5H,9H2. The number of hydrogen-bond acceptors (Lipinski definition) is 12. The molecule has 1 aliphatic heterocycles. The SMILES string of the molecule is Fc1ccc2[nH]nc(Nc3ccnc(Cl)n3)c2c1.Nc1cccc2sccc12.O=S1(=O)C=Cc2c(Cc3nccc(Nc4n[nH]c5ccc(F)cc45)n3)cccc21. The average Bonchev–Trinajstić information content (AvgIpc) is 4.00. The minimum absolute atomic E-state index is 0.131. The van der Waals surface area contributed by atoms with Gasteiger partial charge in [0.25, 0.3) is 0 Å². The Hall–Kier alpha value is -6.82. The van der Waals surface area contributed by atoms with Crippen LogP contribution in [-0.4, -0.2) is 48.7 Å². The highest BCUT2D eigenvalue weighted by Crippen LogP contribution is 2.31. The van der Waals surface area contributed by atoms with Gasteiger partial charge in [0.2, 0.25) is 5.28 Å². The third-order valence-corrected chi connectivity index (χ3v) is 11.2. The maximum atomic E-state index is 13.6. The number of H-pyrrole nitrogens is 2. The summed E-state index contributed by atoms with van der Waals surface area (Å²) >= 11 is 7.40. The molecular weight excluding hydrogens is 792 g/mol. The second-order valence-electron chi connectivity index (χ2n) is 12.4. The first-order valence-corrected chi connectivity index (χ1v) is 19.8. The van der Waals surface area contributed by atoms with Gasteiger partial charge in [-0.1, -0.05) is 18.2 Å². The quantitative estimate of drug-likeness (QED) is 0.0794. The van der Waals surface area contributed by atoms with E-state index in [1.165, 1.54) is 46.0 Å². The molecule has 0 unspecified atom stereocenters. The van der Waals surface area contributed by atoms with E-state index in [-0.39, 0.29) is 16.9 Å². The van der Waals surface area contributed by atoms with Crippen molar-refractivity contribution in [1.82, 2.24) is 40.3 Å². The van der Waals surface area contributed by atoms with E-state index in [0.29, 0.717) is 62.3 Å². The summed E-state index contributed by atoms with van der Waals surface area (Å²) in [5.74, 6) is 1.78. The summed E-state index contributed by atoms with van der Waals surface area (Å²) in [5, 5.41) is 25.7. The highest BCUT2D eigenvalue weighted by Gasteiger charge is 2.23. The van der Waals surface area contributed by atoms with Crippen molar-refractivity contribution in [1.29, 1.82) is 0 Å². The lowest BCUT2D eigenvalue weighted by molar-refractivity contribution is 0.605. The molecule has 0 amide bonds. The van der Waals surface area contributed by atoms with Crippen LogP contribution in [0.1, 0.15) is 17.0 Å². The Bertz CT molecular complexity index is 3060. The number of thiophene rings is 1. The summed E-state index contributed by atoms with van der Waals surface area (Å²) < 4.78 is 52.1. The molecule has 10 rings (SSSR count). The van der Waals surface area contributed by atoms with Crippen molar-refractivity contribution in [2.75, 3.05) is 16.4 Å². The zero-order valence-electron chi connectivity index (χ0n) is 29.3. The van der Waals surface area contributed by atoms with Crippen molar-refractivity contribution >= 4 is 99.7 Å². The van der Waals surface area contributed by atoms with Gasteiger partial charge in [-0.2, -0.15) is 10.2 Å². The number of aromatic amines is 2. The van der Waals surface area contributed by atoms with Crippen LogP contribution in [0.2, 0.25) is 5.28 Å². The summed E-state index contributed by atoms with van der Waals surface area (Å²) in [7, 11) is -3.36. The number of anilines is 5. The predicted octanol–water partition coefficient (Wildman–Crippen LogP) is 8.96. The molecule has 18 heteroatoms. The molecule has 6 heterocycles. The van der Waals surface area contributed by atoms with Crippen LogP contribution in [0, 0.1) is 11.6 Å². The van der Waals surface area contributed by atoms with E-state index in [2.05, 4.69) is 68.5 Å². The van der Waals surface area contributed by atoms with Crippen LogP contribution in [0.15, 0.2) is 119 Å². The summed E-state index contributed by atoms with van der Waals surface area (Å²) in [6, 6.07) is 25.3. The van der Waals surface area contributed by atoms with E-state index >= 15 is 0 Å². The van der Waals surface area contributed by atoms with Crippen LogP contribution in [0.5, 0.6) is 0 Å². The first kappa shape index (κ1) is 37.1. The van der Waals surface area contributed by atoms with Crippen molar-refractivity contribution in [2.45, 2.75) is 11.3 Å². The van der Waals surface area contributed by atoms with Crippen molar-refractivity contribution in [3.8, 4) is 0 Å². The number of rotatable bonds is 6. The van der Waals surface area contributed by atoms with Crippen LogP contribution < -0.4 is 16.4 Å². The van der Waals surface area contributed by atoms with Crippen molar-refractivity contribution < 1.29 is 17.2 Å². The number of fused-ring (bicyclic) bond motifs is 4. The first-order chi connectivity index (χ1) is 27.6. The van der Waals surface area contributed by atoms with E-state index in [1.807, 2.05) is 18.2 Å². The van der Waals surface area contributed by atoms with Crippen molar-refractivity contribution in [3.05, 3.63) is 148 Å². The molecule has 0 atom stereocenters. The van der Waals surface area contributed by atoms with Gasteiger partial charge < -0.3 is 16.4 Å². The second-order valence-corrected chi connectivity index (χ2v) is 15.5. The lowest BCUT2D eigenvalue weighted by Crippen LogP contribution is -2.03. The number of aromatic nitrogens is 8. The number of hydrogen-bond donors (Lipinski definition) is 5. The molecule has 0 saturated heterocycles. The summed E-state index contributed by atoms with van der Waals surface area (Å²) in [4.78, 5) is 16.8.